The third kappa shape index (κ3) is 2.78. The summed E-state index contributed by atoms with van der Waals surface area (Å²) in [6.45, 7) is 0. The Kier molecular flexibility index (Phi) is 3.77. The molecule has 2 heterocycles. The lowest BCUT2D eigenvalue weighted by atomic mass is 10.1. The second-order valence-electron chi connectivity index (χ2n) is 5.29. The third-order valence-electron chi connectivity index (χ3n) is 3.72. The number of hydrogen-bond acceptors (Lipinski definition) is 5. The fourth-order valence-electron chi connectivity index (χ4n) is 2.57. The van der Waals surface area contributed by atoms with E-state index < -0.39 is 0 Å². The van der Waals surface area contributed by atoms with Crippen LogP contribution in [0.3, 0.4) is 0 Å². The van der Waals surface area contributed by atoms with Crippen LogP contribution in [0.4, 0.5) is 10.1 Å². The van der Waals surface area contributed by atoms with Crippen LogP contribution in [0.1, 0.15) is 0 Å². The minimum atomic E-state index is 0.248. The van der Waals surface area contributed by atoms with E-state index in [4.69, 9.17) is 10.5 Å². The third-order valence-corrected chi connectivity index (χ3v) is 3.72. The zero-order chi connectivity index (χ0) is 17.2. The minimum absolute atomic E-state index is 0.248. The number of hydrogen-bond donors (Lipinski definition) is 1. The van der Waals surface area contributed by atoms with Gasteiger partial charge in [-0.05, 0) is 36.4 Å². The van der Waals surface area contributed by atoms with Gasteiger partial charge in [0.05, 0.1) is 5.39 Å². The van der Waals surface area contributed by atoms with Crippen LogP contribution in [0.5, 0.6) is 11.5 Å². The predicted octanol–water partition coefficient (Wildman–Crippen LogP) is 3.22. The number of nitrogen functional groups attached to an aromatic ring is 1. The molecule has 0 amide bonds. The van der Waals surface area contributed by atoms with Gasteiger partial charge < -0.3 is 14.8 Å². The van der Waals surface area contributed by atoms with E-state index in [1.54, 1.807) is 0 Å². The SMILES string of the molecule is Nc1ncnc2c1c(-c1ccc(Oc3ccccc3)cc1)nn2[B]F. The summed E-state index contributed by atoms with van der Waals surface area (Å²) >= 11 is 0. The maximum Gasteiger partial charge on any atom is 0.514 e. The molecular formula is C17H12BFN5O. The number of fused-ring (bicyclic) bond motifs is 1. The monoisotopic (exact) mass is 332 g/mol. The lowest BCUT2D eigenvalue weighted by molar-refractivity contribution is 0.483. The van der Waals surface area contributed by atoms with Gasteiger partial charge in [0.15, 0.2) is 5.65 Å². The number of halogens is 1. The van der Waals surface area contributed by atoms with Crippen molar-refractivity contribution >= 4 is 24.5 Å². The smallest absolute Gasteiger partial charge is 0.457 e. The second kappa shape index (κ2) is 6.24. The van der Waals surface area contributed by atoms with Crippen LogP contribution in [0.15, 0.2) is 60.9 Å². The fourth-order valence-corrected chi connectivity index (χ4v) is 2.57. The molecule has 0 bridgehead atoms. The van der Waals surface area contributed by atoms with Crippen molar-refractivity contribution < 1.29 is 9.05 Å². The van der Waals surface area contributed by atoms with E-state index in [0.29, 0.717) is 30.2 Å². The highest BCUT2D eigenvalue weighted by Gasteiger charge is 2.17. The lowest BCUT2D eigenvalue weighted by Gasteiger charge is -2.06. The first-order valence-corrected chi connectivity index (χ1v) is 7.52. The maximum atomic E-state index is 13.1. The van der Waals surface area contributed by atoms with Gasteiger partial charge in [-0.1, -0.05) is 18.2 Å². The number of aromatic nitrogens is 4. The minimum Gasteiger partial charge on any atom is -0.457 e. The van der Waals surface area contributed by atoms with Gasteiger partial charge in [-0.3, -0.25) is 4.59 Å². The zero-order valence-electron chi connectivity index (χ0n) is 13.0. The standard InChI is InChI=1S/C17H12BFN5O/c19-18-24-17-14(16(20)21-10-22-17)15(23-24)11-6-8-13(9-7-11)25-12-4-2-1-3-5-12/h1-10H,(H2,20,21,22). The lowest BCUT2D eigenvalue weighted by Crippen LogP contribution is -2.03. The van der Waals surface area contributed by atoms with Gasteiger partial charge in [-0.25, -0.2) is 9.97 Å². The van der Waals surface area contributed by atoms with E-state index in [2.05, 4.69) is 15.1 Å². The van der Waals surface area contributed by atoms with Gasteiger partial charge in [-0.2, -0.15) is 5.10 Å². The number of benzene rings is 2. The molecule has 8 heteroatoms. The van der Waals surface area contributed by atoms with Crippen molar-refractivity contribution in [3.05, 3.63) is 60.9 Å². The number of nitrogens with zero attached hydrogens (tertiary/aromatic N) is 4. The molecule has 25 heavy (non-hydrogen) atoms. The molecule has 0 aliphatic heterocycles. The first-order valence-electron chi connectivity index (χ1n) is 7.52. The number of rotatable bonds is 4. The summed E-state index contributed by atoms with van der Waals surface area (Å²) in [6.07, 6.45) is 1.28. The second-order valence-corrected chi connectivity index (χ2v) is 5.29. The Hall–Kier alpha value is -3.42. The Labute approximate surface area is 143 Å². The Morgan fingerprint density at radius 1 is 0.960 bits per heavy atom. The molecule has 0 saturated heterocycles. The zero-order valence-corrected chi connectivity index (χ0v) is 13.0. The Morgan fingerprint density at radius 3 is 2.40 bits per heavy atom. The van der Waals surface area contributed by atoms with E-state index in [-0.39, 0.29) is 5.82 Å². The van der Waals surface area contributed by atoms with Gasteiger partial charge in [0.25, 0.3) is 0 Å². The highest BCUT2D eigenvalue weighted by molar-refractivity contribution is 6.26. The summed E-state index contributed by atoms with van der Waals surface area (Å²) in [5.74, 6) is 1.67. The largest absolute Gasteiger partial charge is 0.514 e. The Morgan fingerprint density at radius 2 is 1.68 bits per heavy atom. The molecular weight excluding hydrogens is 320 g/mol. The van der Waals surface area contributed by atoms with Gasteiger partial charge >= 0.3 is 7.69 Å². The summed E-state index contributed by atoms with van der Waals surface area (Å²) < 4.78 is 19.9. The van der Waals surface area contributed by atoms with Crippen LogP contribution >= 0.6 is 0 Å². The van der Waals surface area contributed by atoms with Gasteiger partial charge in [0.2, 0.25) is 0 Å². The Balaban J connectivity index is 1.72. The summed E-state index contributed by atoms with van der Waals surface area (Å²) in [6, 6.07) is 16.8. The van der Waals surface area contributed by atoms with Crippen molar-refractivity contribution in [1.29, 1.82) is 0 Å². The van der Waals surface area contributed by atoms with Crippen molar-refractivity contribution in [1.82, 2.24) is 19.7 Å². The van der Waals surface area contributed by atoms with Crippen molar-refractivity contribution in [2.24, 2.45) is 0 Å². The molecule has 0 unspecified atom stereocenters. The molecule has 0 atom stereocenters. The highest BCUT2D eigenvalue weighted by atomic mass is 19.1. The number of para-hydroxylation sites is 1. The van der Waals surface area contributed by atoms with Crippen molar-refractivity contribution in [3.63, 3.8) is 0 Å². The van der Waals surface area contributed by atoms with Crippen LogP contribution in [-0.2, 0) is 0 Å². The molecule has 0 spiro atoms. The van der Waals surface area contributed by atoms with Gasteiger partial charge in [0, 0.05) is 5.56 Å². The summed E-state index contributed by atoms with van der Waals surface area (Å²) in [4.78, 5) is 8.01. The summed E-state index contributed by atoms with van der Waals surface area (Å²) in [7, 11) is 0.338. The van der Waals surface area contributed by atoms with E-state index in [0.717, 1.165) is 15.9 Å². The first kappa shape index (κ1) is 15.1. The number of nitrogens with two attached hydrogens (primary N) is 1. The van der Waals surface area contributed by atoms with Crippen LogP contribution in [0.2, 0.25) is 0 Å². The molecule has 6 nitrogen and oxygen atoms in total. The van der Waals surface area contributed by atoms with E-state index >= 15 is 0 Å². The molecule has 0 aliphatic carbocycles. The quantitative estimate of drug-likeness (QED) is 0.581. The molecule has 1 radical (unpaired) electrons. The molecule has 4 rings (SSSR count). The van der Waals surface area contributed by atoms with E-state index in [1.807, 2.05) is 54.6 Å². The predicted molar refractivity (Wildman–Crippen MR) is 93.9 cm³/mol. The molecule has 2 aromatic carbocycles. The van der Waals surface area contributed by atoms with Gasteiger partial charge in [0.1, 0.15) is 29.3 Å². The Bertz CT molecular complexity index is 1020. The van der Waals surface area contributed by atoms with Crippen molar-refractivity contribution in [3.8, 4) is 22.8 Å². The van der Waals surface area contributed by atoms with Crippen LogP contribution in [-0.4, -0.2) is 27.4 Å². The first-order chi connectivity index (χ1) is 12.3. The molecule has 0 fully saturated rings. The average Bonchev–Trinajstić information content (AvgIpc) is 3.03. The fraction of sp³-hybridized carbons (Fsp3) is 0. The highest BCUT2D eigenvalue weighted by Crippen LogP contribution is 2.31. The van der Waals surface area contributed by atoms with Crippen LogP contribution in [0.25, 0.3) is 22.3 Å². The molecule has 0 aliphatic rings. The number of anilines is 1. The van der Waals surface area contributed by atoms with Gasteiger partial charge in [-0.15, -0.1) is 0 Å². The van der Waals surface area contributed by atoms with Crippen molar-refractivity contribution in [2.75, 3.05) is 5.73 Å². The number of ether oxygens (including phenoxy) is 1. The summed E-state index contributed by atoms with van der Waals surface area (Å²) in [5.41, 5.74) is 7.51. The molecule has 0 saturated carbocycles. The molecule has 121 valence electrons. The topological polar surface area (TPSA) is 78.8 Å². The molecule has 2 aromatic heterocycles. The molecule has 4 aromatic rings. The van der Waals surface area contributed by atoms with Crippen LogP contribution in [0, 0.1) is 0 Å². The average molecular weight is 332 g/mol. The van der Waals surface area contributed by atoms with Crippen LogP contribution < -0.4 is 10.5 Å². The van der Waals surface area contributed by atoms with E-state index in [9.17, 15) is 4.32 Å². The van der Waals surface area contributed by atoms with E-state index in [1.165, 1.54) is 6.33 Å². The van der Waals surface area contributed by atoms with Crippen molar-refractivity contribution in [2.45, 2.75) is 0 Å². The summed E-state index contributed by atoms with van der Waals surface area (Å²) in [5, 5.41) is 4.72. The maximum absolute atomic E-state index is 13.1. The normalized spacial score (nSPS) is 10.8. The molecule has 2 N–H and O–H groups in total.